The number of ether oxygens (including phenoxy) is 1. The molecule has 0 atom stereocenters. The Morgan fingerprint density at radius 3 is 2.56 bits per heavy atom. The number of nitrogens with two attached hydrogens (primary N) is 1. The number of nitrogen functional groups attached to an aromatic ring is 1. The lowest BCUT2D eigenvalue weighted by Gasteiger charge is -2.32. The van der Waals surface area contributed by atoms with Crippen LogP contribution in [0.5, 0.6) is 5.88 Å². The number of hydrogen-bond acceptors (Lipinski definition) is 7. The van der Waals surface area contributed by atoms with Gasteiger partial charge in [-0.15, -0.1) is 10.2 Å². The number of imidazole rings is 1. The minimum Gasteiger partial charge on any atom is -0.472 e. The van der Waals surface area contributed by atoms with Gasteiger partial charge in [-0.1, -0.05) is 37.6 Å². The van der Waals surface area contributed by atoms with Gasteiger partial charge >= 0.3 is 0 Å². The molecule has 1 aliphatic carbocycles. The maximum Gasteiger partial charge on any atom is 0.260 e. The summed E-state index contributed by atoms with van der Waals surface area (Å²) in [5.74, 6) is 1.78. The van der Waals surface area contributed by atoms with E-state index in [2.05, 4.69) is 51.3 Å². The van der Waals surface area contributed by atoms with Crippen LogP contribution in [0.1, 0.15) is 63.4 Å². The number of aliphatic hydroxyl groups is 1. The predicted octanol–water partition coefficient (Wildman–Crippen LogP) is 3.20. The molecule has 172 valence electrons. The molecule has 2 heterocycles. The van der Waals surface area contributed by atoms with Gasteiger partial charge in [0.1, 0.15) is 16.9 Å². The van der Waals surface area contributed by atoms with Crippen LogP contribution < -0.4 is 15.8 Å². The topological polar surface area (TPSA) is 111 Å². The number of fused-ring (bicyclic) bond motifs is 1. The van der Waals surface area contributed by atoms with Gasteiger partial charge in [0, 0.05) is 25.6 Å². The fourth-order valence-electron chi connectivity index (χ4n) is 4.05. The third-order valence-corrected chi connectivity index (χ3v) is 5.91. The number of anilines is 1. The van der Waals surface area contributed by atoms with Gasteiger partial charge in [0.25, 0.3) is 5.88 Å². The molecule has 0 radical (unpaired) electrons. The number of nitrogens with zero attached hydrogens (tertiary/aromatic N) is 4. The van der Waals surface area contributed by atoms with Crippen molar-refractivity contribution in [2.45, 2.75) is 84.2 Å². The first-order valence-corrected chi connectivity index (χ1v) is 11.6. The van der Waals surface area contributed by atoms with Crippen molar-refractivity contribution in [3.8, 4) is 5.88 Å². The summed E-state index contributed by atoms with van der Waals surface area (Å²) < 4.78 is 8.14. The number of aryl methyl sites for hydroxylation is 1. The molecule has 0 bridgehead atoms. The van der Waals surface area contributed by atoms with E-state index in [9.17, 15) is 5.11 Å². The molecule has 4 N–H and O–H groups in total. The Morgan fingerprint density at radius 1 is 1.19 bits per heavy atom. The number of hydrogen-bond donors (Lipinski definition) is 3. The Morgan fingerprint density at radius 2 is 1.91 bits per heavy atom. The van der Waals surface area contributed by atoms with Crippen LogP contribution in [0.2, 0.25) is 0 Å². The minimum absolute atomic E-state index is 0.0258. The Balaban J connectivity index is 1.59. The zero-order valence-corrected chi connectivity index (χ0v) is 19.2. The van der Waals surface area contributed by atoms with Crippen molar-refractivity contribution in [2.75, 3.05) is 5.73 Å². The monoisotopic (exact) mass is 438 g/mol. The number of rotatable bonds is 10. The summed E-state index contributed by atoms with van der Waals surface area (Å²) in [6.45, 7) is 7.59. The van der Waals surface area contributed by atoms with E-state index in [0.29, 0.717) is 29.8 Å². The van der Waals surface area contributed by atoms with Crippen molar-refractivity contribution in [1.29, 1.82) is 0 Å². The molecule has 0 unspecified atom stereocenters. The molecular formula is C24H34N6O2. The van der Waals surface area contributed by atoms with Crippen LogP contribution in [0.15, 0.2) is 24.3 Å². The van der Waals surface area contributed by atoms with Gasteiger partial charge in [-0.3, -0.25) is 0 Å². The van der Waals surface area contributed by atoms with Crippen LogP contribution in [0.3, 0.4) is 0 Å². The van der Waals surface area contributed by atoms with Crippen LogP contribution in [-0.2, 0) is 19.5 Å². The average Bonchev–Trinajstić information content (AvgIpc) is 3.11. The highest BCUT2D eigenvalue weighted by atomic mass is 16.5. The van der Waals surface area contributed by atoms with Crippen LogP contribution in [0.25, 0.3) is 11.0 Å². The maximum absolute atomic E-state index is 9.44. The molecule has 3 aromatic rings. The minimum atomic E-state index is -0.134. The summed E-state index contributed by atoms with van der Waals surface area (Å²) in [7, 11) is 0. The molecule has 0 spiro atoms. The molecule has 1 saturated carbocycles. The average molecular weight is 439 g/mol. The molecule has 0 amide bonds. The Kier molecular flexibility index (Phi) is 6.91. The van der Waals surface area contributed by atoms with E-state index in [1.807, 2.05) is 13.8 Å². The van der Waals surface area contributed by atoms with Gasteiger partial charge in [-0.05, 0) is 44.2 Å². The standard InChI is InChI=1S/C24H34N6O2/c1-4-5-6-20-27-21-22(24(32-15(2)3)29-28-23(21)25)30(20)14-17-9-7-16(8-10-17)13-26-18-11-19(31)12-18/h7-10,15,18-19,26,31H,4-6,11-14H2,1-3H3,(H2,25,28). The first-order chi connectivity index (χ1) is 15.4. The molecule has 0 aliphatic heterocycles. The Labute approximate surface area is 189 Å². The summed E-state index contributed by atoms with van der Waals surface area (Å²) in [5, 5.41) is 21.2. The molecule has 1 aliphatic rings. The van der Waals surface area contributed by atoms with Crippen LogP contribution in [0.4, 0.5) is 5.82 Å². The third-order valence-electron chi connectivity index (χ3n) is 5.91. The lowest BCUT2D eigenvalue weighted by molar-refractivity contribution is 0.0619. The second-order valence-corrected chi connectivity index (χ2v) is 8.99. The SMILES string of the molecule is CCCCc1nc2c(N)nnc(OC(C)C)c2n1Cc1ccc(CNC2CC(O)C2)cc1. The lowest BCUT2D eigenvalue weighted by Crippen LogP contribution is -2.43. The maximum atomic E-state index is 9.44. The zero-order valence-electron chi connectivity index (χ0n) is 19.2. The molecule has 1 aromatic carbocycles. The smallest absolute Gasteiger partial charge is 0.260 e. The lowest BCUT2D eigenvalue weighted by atomic mass is 9.89. The van der Waals surface area contributed by atoms with Gasteiger partial charge in [0.15, 0.2) is 5.82 Å². The van der Waals surface area contributed by atoms with Gasteiger partial charge < -0.3 is 25.5 Å². The summed E-state index contributed by atoms with van der Waals surface area (Å²) >= 11 is 0. The molecule has 32 heavy (non-hydrogen) atoms. The van der Waals surface area contributed by atoms with Gasteiger partial charge in [0.2, 0.25) is 0 Å². The number of aliphatic hydroxyl groups excluding tert-OH is 1. The summed E-state index contributed by atoms with van der Waals surface area (Å²) in [4.78, 5) is 4.83. The predicted molar refractivity (Wildman–Crippen MR) is 126 cm³/mol. The van der Waals surface area contributed by atoms with Crippen molar-refractivity contribution >= 4 is 16.9 Å². The van der Waals surface area contributed by atoms with Crippen molar-refractivity contribution in [1.82, 2.24) is 25.1 Å². The van der Waals surface area contributed by atoms with E-state index < -0.39 is 0 Å². The van der Waals surface area contributed by atoms with E-state index in [0.717, 1.165) is 50.0 Å². The first-order valence-electron chi connectivity index (χ1n) is 11.6. The van der Waals surface area contributed by atoms with E-state index in [4.69, 9.17) is 15.5 Å². The van der Waals surface area contributed by atoms with Crippen molar-refractivity contribution in [3.63, 3.8) is 0 Å². The second kappa shape index (κ2) is 9.83. The van der Waals surface area contributed by atoms with Crippen LogP contribution in [0, 0.1) is 0 Å². The van der Waals surface area contributed by atoms with E-state index in [-0.39, 0.29) is 12.2 Å². The van der Waals surface area contributed by atoms with Crippen LogP contribution >= 0.6 is 0 Å². The number of benzene rings is 1. The quantitative estimate of drug-likeness (QED) is 0.446. The Bertz CT molecular complexity index is 1040. The van der Waals surface area contributed by atoms with E-state index in [1.54, 1.807) is 0 Å². The Hall–Kier alpha value is -2.71. The number of aromatic nitrogens is 4. The summed E-state index contributed by atoms with van der Waals surface area (Å²) in [5.41, 5.74) is 10.0. The highest BCUT2D eigenvalue weighted by molar-refractivity contribution is 5.88. The highest BCUT2D eigenvalue weighted by Crippen LogP contribution is 2.29. The van der Waals surface area contributed by atoms with Crippen LogP contribution in [-0.4, -0.2) is 43.1 Å². The van der Waals surface area contributed by atoms with Crippen molar-refractivity contribution in [3.05, 3.63) is 41.2 Å². The molecule has 4 rings (SSSR count). The fourth-order valence-corrected chi connectivity index (χ4v) is 4.05. The van der Waals surface area contributed by atoms with Gasteiger partial charge in [-0.25, -0.2) is 4.98 Å². The number of nitrogens with one attached hydrogen (secondary N) is 1. The summed E-state index contributed by atoms with van der Waals surface area (Å²) in [6.07, 6.45) is 4.53. The second-order valence-electron chi connectivity index (χ2n) is 8.99. The van der Waals surface area contributed by atoms with Crippen molar-refractivity contribution in [2.24, 2.45) is 0 Å². The largest absolute Gasteiger partial charge is 0.472 e. The van der Waals surface area contributed by atoms with E-state index >= 15 is 0 Å². The van der Waals surface area contributed by atoms with Crippen molar-refractivity contribution < 1.29 is 9.84 Å². The normalized spacial score (nSPS) is 18.3. The number of unbranched alkanes of at least 4 members (excludes halogenated alkanes) is 1. The molecule has 2 aromatic heterocycles. The van der Waals surface area contributed by atoms with Gasteiger partial charge in [-0.2, -0.15) is 0 Å². The fraction of sp³-hybridized carbons (Fsp3) is 0.542. The zero-order chi connectivity index (χ0) is 22.7. The molecule has 8 nitrogen and oxygen atoms in total. The van der Waals surface area contributed by atoms with Gasteiger partial charge in [0.05, 0.1) is 12.2 Å². The molecule has 8 heteroatoms. The molecular weight excluding hydrogens is 404 g/mol. The first kappa shape index (κ1) is 22.5. The summed E-state index contributed by atoms with van der Waals surface area (Å²) in [6, 6.07) is 9.05. The van der Waals surface area contributed by atoms with E-state index in [1.165, 1.54) is 11.1 Å². The molecule has 0 saturated heterocycles. The highest BCUT2D eigenvalue weighted by Gasteiger charge is 2.26. The third kappa shape index (κ3) is 5.02. The molecule has 1 fully saturated rings.